The standard InChI is InChI=1S/C14H13FN2O2S/c1-20-14-16-11-6-12(8-4-2-3-5-10(8)15)19-7-9(11)13(18)17-14/h2-5,12H,6-7H2,1H3,(H,16,17,18). The Balaban J connectivity index is 1.96. The van der Waals surface area contributed by atoms with Crippen molar-refractivity contribution in [3.05, 3.63) is 46.9 Å². The van der Waals surface area contributed by atoms with Crippen molar-refractivity contribution in [2.24, 2.45) is 0 Å². The van der Waals surface area contributed by atoms with Crippen LogP contribution in [0, 0.1) is 5.82 Å². The summed E-state index contributed by atoms with van der Waals surface area (Å²) in [6.07, 6.45) is 1.89. The maximum absolute atomic E-state index is 13.8. The van der Waals surface area contributed by atoms with Crippen LogP contribution in [0.4, 0.5) is 4.39 Å². The summed E-state index contributed by atoms with van der Waals surface area (Å²) in [7, 11) is 0. The van der Waals surface area contributed by atoms with Crippen molar-refractivity contribution in [2.45, 2.75) is 24.3 Å². The smallest absolute Gasteiger partial charge is 0.220 e. The number of nitrogens with zero attached hydrogens (tertiary/aromatic N) is 2. The highest BCUT2D eigenvalue weighted by Gasteiger charge is 2.27. The van der Waals surface area contributed by atoms with Gasteiger partial charge in [0.2, 0.25) is 5.88 Å². The number of hydrogen-bond acceptors (Lipinski definition) is 5. The molecule has 0 fully saturated rings. The zero-order chi connectivity index (χ0) is 14.1. The highest BCUT2D eigenvalue weighted by molar-refractivity contribution is 7.98. The molecule has 0 spiro atoms. The van der Waals surface area contributed by atoms with Crippen LogP contribution >= 0.6 is 11.8 Å². The lowest BCUT2D eigenvalue weighted by Gasteiger charge is -2.25. The number of aromatic nitrogens is 2. The Morgan fingerprint density at radius 3 is 2.90 bits per heavy atom. The predicted molar refractivity (Wildman–Crippen MR) is 73.1 cm³/mol. The molecule has 1 aliphatic rings. The maximum atomic E-state index is 13.8. The van der Waals surface area contributed by atoms with Crippen molar-refractivity contribution in [1.82, 2.24) is 9.97 Å². The van der Waals surface area contributed by atoms with Crippen LogP contribution in [0.1, 0.15) is 22.9 Å². The molecule has 6 heteroatoms. The highest BCUT2D eigenvalue weighted by Crippen LogP contribution is 2.34. The van der Waals surface area contributed by atoms with E-state index >= 15 is 0 Å². The quantitative estimate of drug-likeness (QED) is 0.681. The van der Waals surface area contributed by atoms with E-state index in [1.54, 1.807) is 18.2 Å². The number of aromatic hydroxyl groups is 1. The number of rotatable bonds is 2. The second kappa shape index (κ2) is 5.38. The summed E-state index contributed by atoms with van der Waals surface area (Å²) in [5, 5.41) is 10.4. The van der Waals surface area contributed by atoms with Gasteiger partial charge in [-0.1, -0.05) is 30.0 Å². The zero-order valence-corrected chi connectivity index (χ0v) is 11.7. The van der Waals surface area contributed by atoms with Gasteiger partial charge < -0.3 is 9.84 Å². The molecule has 1 aliphatic heterocycles. The topological polar surface area (TPSA) is 55.2 Å². The summed E-state index contributed by atoms with van der Waals surface area (Å²) in [4.78, 5) is 8.36. The van der Waals surface area contributed by atoms with Crippen molar-refractivity contribution in [3.63, 3.8) is 0 Å². The summed E-state index contributed by atoms with van der Waals surface area (Å²) >= 11 is 1.36. The third kappa shape index (κ3) is 2.36. The van der Waals surface area contributed by atoms with Gasteiger partial charge in [-0.25, -0.2) is 9.37 Å². The molecule has 1 aromatic carbocycles. The van der Waals surface area contributed by atoms with Crippen molar-refractivity contribution < 1.29 is 14.2 Å². The number of halogens is 1. The average Bonchev–Trinajstić information content (AvgIpc) is 2.47. The molecule has 0 aliphatic carbocycles. The third-order valence-electron chi connectivity index (χ3n) is 3.29. The van der Waals surface area contributed by atoms with Gasteiger partial charge in [0, 0.05) is 12.0 Å². The maximum Gasteiger partial charge on any atom is 0.220 e. The Morgan fingerprint density at radius 1 is 1.35 bits per heavy atom. The van der Waals surface area contributed by atoms with E-state index in [0.717, 1.165) is 5.69 Å². The van der Waals surface area contributed by atoms with E-state index in [1.165, 1.54) is 17.8 Å². The first-order valence-corrected chi connectivity index (χ1v) is 7.40. The second-order valence-corrected chi connectivity index (χ2v) is 5.26. The van der Waals surface area contributed by atoms with Crippen molar-refractivity contribution in [3.8, 4) is 5.88 Å². The fraction of sp³-hybridized carbons (Fsp3) is 0.286. The van der Waals surface area contributed by atoms with Gasteiger partial charge in [-0.05, 0) is 12.3 Å². The van der Waals surface area contributed by atoms with Crippen LogP contribution in [0.15, 0.2) is 29.4 Å². The SMILES string of the molecule is CSc1nc(O)c2c(n1)CC(c1ccccc1F)OC2. The van der Waals surface area contributed by atoms with Crippen molar-refractivity contribution in [1.29, 1.82) is 0 Å². The minimum absolute atomic E-state index is 0.0497. The summed E-state index contributed by atoms with van der Waals surface area (Å²) in [5.74, 6) is -0.337. The molecular weight excluding hydrogens is 279 g/mol. The van der Waals surface area contributed by atoms with Crippen LogP contribution in [0.25, 0.3) is 0 Å². The lowest BCUT2D eigenvalue weighted by atomic mass is 9.99. The molecule has 1 unspecified atom stereocenters. The summed E-state index contributed by atoms with van der Waals surface area (Å²) in [6.45, 7) is 0.189. The number of ether oxygens (including phenoxy) is 1. The fourth-order valence-corrected chi connectivity index (χ4v) is 2.64. The van der Waals surface area contributed by atoms with E-state index in [-0.39, 0.29) is 24.4 Å². The Bertz CT molecular complexity index is 651. The van der Waals surface area contributed by atoms with E-state index in [2.05, 4.69) is 9.97 Å². The lowest BCUT2D eigenvalue weighted by molar-refractivity contribution is 0.0217. The van der Waals surface area contributed by atoms with Crippen LogP contribution in [0.5, 0.6) is 5.88 Å². The Labute approximate surface area is 120 Å². The molecule has 0 amide bonds. The molecule has 20 heavy (non-hydrogen) atoms. The van der Waals surface area contributed by atoms with Crippen LogP contribution in [-0.2, 0) is 17.8 Å². The molecular formula is C14H13FN2O2S. The summed E-state index contributed by atoms with van der Waals surface area (Å²) in [5.41, 5.74) is 1.83. The molecule has 0 radical (unpaired) electrons. The molecule has 0 bridgehead atoms. The van der Waals surface area contributed by atoms with Gasteiger partial charge in [0.05, 0.1) is 24.0 Å². The molecule has 1 N–H and O–H groups in total. The van der Waals surface area contributed by atoms with Crippen LogP contribution < -0.4 is 0 Å². The molecule has 2 heterocycles. The van der Waals surface area contributed by atoms with Crippen LogP contribution in [0.3, 0.4) is 0 Å². The van der Waals surface area contributed by atoms with Crippen molar-refractivity contribution >= 4 is 11.8 Å². The molecule has 2 aromatic rings. The van der Waals surface area contributed by atoms with E-state index in [4.69, 9.17) is 4.74 Å². The van der Waals surface area contributed by atoms with E-state index in [0.29, 0.717) is 22.7 Å². The van der Waals surface area contributed by atoms with Crippen LogP contribution in [-0.4, -0.2) is 21.3 Å². The number of fused-ring (bicyclic) bond motifs is 1. The number of hydrogen-bond donors (Lipinski definition) is 1. The van der Waals surface area contributed by atoms with Gasteiger partial charge in [0.25, 0.3) is 0 Å². The molecule has 1 aromatic heterocycles. The lowest BCUT2D eigenvalue weighted by Crippen LogP contribution is -2.19. The zero-order valence-electron chi connectivity index (χ0n) is 10.8. The Hall–Kier alpha value is -1.66. The first-order chi connectivity index (χ1) is 9.69. The second-order valence-electron chi connectivity index (χ2n) is 4.48. The highest BCUT2D eigenvalue weighted by atomic mass is 32.2. The van der Waals surface area contributed by atoms with Gasteiger partial charge in [-0.3, -0.25) is 0 Å². The Morgan fingerprint density at radius 2 is 2.15 bits per heavy atom. The van der Waals surface area contributed by atoms with E-state index in [9.17, 15) is 9.50 Å². The minimum atomic E-state index is -0.382. The molecule has 104 valence electrons. The summed E-state index contributed by atoms with van der Waals surface area (Å²) in [6, 6.07) is 6.55. The van der Waals surface area contributed by atoms with Crippen molar-refractivity contribution in [2.75, 3.05) is 6.26 Å². The predicted octanol–water partition coefficient (Wildman–Crippen LogP) is 2.86. The molecule has 1 atom stereocenters. The molecule has 3 rings (SSSR count). The third-order valence-corrected chi connectivity index (χ3v) is 3.84. The number of thioether (sulfide) groups is 1. The Kier molecular flexibility index (Phi) is 3.58. The van der Waals surface area contributed by atoms with Gasteiger partial charge in [0.1, 0.15) is 5.82 Å². The van der Waals surface area contributed by atoms with Gasteiger partial charge in [0.15, 0.2) is 5.16 Å². The fourth-order valence-electron chi connectivity index (χ4n) is 2.26. The van der Waals surface area contributed by atoms with Gasteiger partial charge >= 0.3 is 0 Å². The number of benzene rings is 1. The normalized spacial score (nSPS) is 17.8. The summed E-state index contributed by atoms with van der Waals surface area (Å²) < 4.78 is 19.4. The van der Waals surface area contributed by atoms with E-state index in [1.807, 2.05) is 6.26 Å². The monoisotopic (exact) mass is 292 g/mol. The molecule has 0 saturated heterocycles. The average molecular weight is 292 g/mol. The van der Waals surface area contributed by atoms with Gasteiger partial charge in [-0.2, -0.15) is 4.98 Å². The largest absolute Gasteiger partial charge is 0.493 e. The van der Waals surface area contributed by atoms with Crippen LogP contribution in [0.2, 0.25) is 0 Å². The first-order valence-electron chi connectivity index (χ1n) is 6.18. The molecule has 0 saturated carbocycles. The van der Waals surface area contributed by atoms with E-state index < -0.39 is 0 Å². The van der Waals surface area contributed by atoms with Gasteiger partial charge in [-0.15, -0.1) is 0 Å². The minimum Gasteiger partial charge on any atom is -0.493 e. The molecule has 4 nitrogen and oxygen atoms in total. The first kappa shape index (κ1) is 13.3.